The number of nitrogens with zero attached hydrogens (tertiary/aromatic N) is 3. The Hall–Kier alpha value is -1.96. The van der Waals surface area contributed by atoms with Crippen LogP contribution in [-0.2, 0) is 9.59 Å². The van der Waals surface area contributed by atoms with Gasteiger partial charge in [-0.25, -0.2) is 4.98 Å². The fourth-order valence-electron chi connectivity index (χ4n) is 1.93. The van der Waals surface area contributed by atoms with Gasteiger partial charge in [-0.3, -0.25) is 24.6 Å². The van der Waals surface area contributed by atoms with E-state index in [1.807, 2.05) is 0 Å². The summed E-state index contributed by atoms with van der Waals surface area (Å²) < 4.78 is 0. The summed E-state index contributed by atoms with van der Waals surface area (Å²) in [6.45, 7) is 1.70. The van der Waals surface area contributed by atoms with Crippen LogP contribution in [0.15, 0.2) is 18.3 Å². The van der Waals surface area contributed by atoms with Crippen LogP contribution in [0.2, 0.25) is 0 Å². The number of pyridine rings is 1. The predicted octanol–water partition coefficient (Wildman–Crippen LogP) is 1.37. The van der Waals surface area contributed by atoms with Crippen molar-refractivity contribution in [2.24, 2.45) is 0 Å². The highest BCUT2D eigenvalue weighted by molar-refractivity contribution is 8.14. The third-order valence-corrected chi connectivity index (χ3v) is 3.62. The van der Waals surface area contributed by atoms with Crippen LogP contribution in [0.1, 0.15) is 13.3 Å². The monoisotopic (exact) mass is 281 g/mol. The first-order valence-electron chi connectivity index (χ1n) is 5.56. The van der Waals surface area contributed by atoms with Crippen molar-refractivity contribution in [2.75, 3.05) is 11.4 Å². The number of anilines is 1. The highest BCUT2D eigenvalue weighted by Gasteiger charge is 2.35. The van der Waals surface area contributed by atoms with Gasteiger partial charge in [0.1, 0.15) is 0 Å². The molecule has 2 rings (SSSR count). The lowest BCUT2D eigenvalue weighted by Gasteiger charge is -2.14. The number of carbonyl (C=O) groups excluding carboxylic acids is 2. The van der Waals surface area contributed by atoms with Crippen molar-refractivity contribution in [1.29, 1.82) is 0 Å². The van der Waals surface area contributed by atoms with Crippen LogP contribution in [-0.4, -0.2) is 32.7 Å². The summed E-state index contributed by atoms with van der Waals surface area (Å²) in [6, 6.07) is 2.75. The molecule has 0 aliphatic carbocycles. The molecule has 2 heterocycles. The van der Waals surface area contributed by atoms with Crippen molar-refractivity contribution < 1.29 is 14.5 Å². The van der Waals surface area contributed by atoms with Gasteiger partial charge in [-0.15, -0.1) is 0 Å². The van der Waals surface area contributed by atoms with E-state index in [1.165, 1.54) is 30.2 Å². The average Bonchev–Trinajstić information content (AvgIpc) is 2.69. The summed E-state index contributed by atoms with van der Waals surface area (Å²) >= 11 is 1.08. The van der Waals surface area contributed by atoms with Gasteiger partial charge in [0.2, 0.25) is 11.7 Å². The van der Waals surface area contributed by atoms with E-state index >= 15 is 0 Å². The molecule has 0 radical (unpaired) electrons. The minimum Gasteiger partial charge on any atom is -0.290 e. The lowest BCUT2D eigenvalue weighted by molar-refractivity contribution is -0.384. The Morgan fingerprint density at radius 3 is 3.00 bits per heavy atom. The third-order valence-electron chi connectivity index (χ3n) is 2.64. The molecule has 1 unspecified atom stereocenters. The van der Waals surface area contributed by atoms with Gasteiger partial charge in [-0.2, -0.15) is 0 Å². The SMILES string of the molecule is CC(=O)SC1CC(=O)N(c2ncccc2[N+](=O)[O-])C1. The molecular formula is C11H11N3O4S. The molecule has 0 saturated carbocycles. The first kappa shape index (κ1) is 13.5. The van der Waals surface area contributed by atoms with Crippen LogP contribution in [0.4, 0.5) is 11.5 Å². The molecule has 1 aliphatic rings. The number of carbonyl (C=O) groups is 2. The molecule has 1 atom stereocenters. The maximum Gasteiger partial charge on any atom is 0.312 e. The van der Waals surface area contributed by atoms with Gasteiger partial charge in [-0.05, 0) is 6.07 Å². The fourth-order valence-corrected chi connectivity index (χ4v) is 2.85. The number of hydrogen-bond acceptors (Lipinski definition) is 6. The van der Waals surface area contributed by atoms with Crippen molar-refractivity contribution in [2.45, 2.75) is 18.6 Å². The Morgan fingerprint density at radius 2 is 2.37 bits per heavy atom. The summed E-state index contributed by atoms with van der Waals surface area (Å²) in [6.07, 6.45) is 1.60. The molecule has 1 amide bonds. The zero-order chi connectivity index (χ0) is 14.0. The second kappa shape index (κ2) is 5.35. The van der Waals surface area contributed by atoms with Crippen molar-refractivity contribution in [3.63, 3.8) is 0 Å². The van der Waals surface area contributed by atoms with Crippen LogP contribution >= 0.6 is 11.8 Å². The zero-order valence-electron chi connectivity index (χ0n) is 10.1. The van der Waals surface area contributed by atoms with E-state index in [0.717, 1.165) is 11.8 Å². The highest BCUT2D eigenvalue weighted by atomic mass is 32.2. The van der Waals surface area contributed by atoms with E-state index in [9.17, 15) is 19.7 Å². The standard InChI is InChI=1S/C11H11N3O4S/c1-7(15)19-8-5-10(16)13(6-8)11-9(14(17)18)3-2-4-12-11/h2-4,8H,5-6H2,1H3. The van der Waals surface area contributed by atoms with Crippen LogP contribution in [0.3, 0.4) is 0 Å². The molecule has 1 fully saturated rings. The minimum absolute atomic E-state index is 0.0455. The highest BCUT2D eigenvalue weighted by Crippen LogP contribution is 2.32. The largest absolute Gasteiger partial charge is 0.312 e. The van der Waals surface area contributed by atoms with Crippen LogP contribution in [0.5, 0.6) is 0 Å². The second-order valence-electron chi connectivity index (χ2n) is 4.04. The molecule has 100 valence electrons. The number of amides is 1. The average molecular weight is 281 g/mol. The second-order valence-corrected chi connectivity index (χ2v) is 5.52. The molecule has 8 heteroatoms. The Labute approximate surface area is 113 Å². The summed E-state index contributed by atoms with van der Waals surface area (Å²) in [5.74, 6) is -0.204. The van der Waals surface area contributed by atoms with Crippen molar-refractivity contribution in [1.82, 2.24) is 4.98 Å². The molecule has 1 aliphatic heterocycles. The fraction of sp³-hybridized carbons (Fsp3) is 0.364. The van der Waals surface area contributed by atoms with Crippen LogP contribution < -0.4 is 4.90 Å². The molecule has 0 spiro atoms. The molecule has 7 nitrogen and oxygen atoms in total. The van der Waals surface area contributed by atoms with Crippen LogP contribution in [0.25, 0.3) is 0 Å². The Bertz CT molecular complexity index is 548. The van der Waals surface area contributed by atoms with Gasteiger partial charge < -0.3 is 0 Å². The van der Waals surface area contributed by atoms with E-state index in [1.54, 1.807) is 0 Å². The van der Waals surface area contributed by atoms with Gasteiger partial charge in [-0.1, -0.05) is 11.8 Å². The number of thioether (sulfide) groups is 1. The first-order chi connectivity index (χ1) is 8.99. The molecule has 1 aromatic heterocycles. The third kappa shape index (κ3) is 2.90. The number of nitro groups is 1. The first-order valence-corrected chi connectivity index (χ1v) is 6.44. The summed E-state index contributed by atoms with van der Waals surface area (Å²) in [4.78, 5) is 38.5. The van der Waals surface area contributed by atoms with Crippen LogP contribution in [0, 0.1) is 10.1 Å². The maximum atomic E-state index is 11.9. The lowest BCUT2D eigenvalue weighted by atomic mass is 10.3. The Kier molecular flexibility index (Phi) is 3.79. The van der Waals surface area contributed by atoms with Crippen molar-refractivity contribution in [3.05, 3.63) is 28.4 Å². The van der Waals surface area contributed by atoms with Gasteiger partial charge in [0.15, 0.2) is 5.12 Å². The summed E-state index contributed by atoms with van der Waals surface area (Å²) in [5.41, 5.74) is -0.204. The molecule has 0 N–H and O–H groups in total. The number of hydrogen-bond donors (Lipinski definition) is 0. The Morgan fingerprint density at radius 1 is 1.63 bits per heavy atom. The zero-order valence-corrected chi connectivity index (χ0v) is 10.9. The van der Waals surface area contributed by atoms with Gasteiger partial charge in [0.25, 0.3) is 0 Å². The van der Waals surface area contributed by atoms with Gasteiger partial charge in [0, 0.05) is 37.4 Å². The number of rotatable bonds is 3. The minimum atomic E-state index is -0.568. The van der Waals surface area contributed by atoms with Crippen molar-refractivity contribution >= 4 is 34.3 Å². The normalized spacial score (nSPS) is 18.7. The quantitative estimate of drug-likeness (QED) is 0.613. The topological polar surface area (TPSA) is 93.4 Å². The molecule has 0 bridgehead atoms. The van der Waals surface area contributed by atoms with E-state index in [-0.39, 0.29) is 40.7 Å². The maximum absolute atomic E-state index is 11.9. The Balaban J connectivity index is 2.26. The molecule has 0 aromatic carbocycles. The van der Waals surface area contributed by atoms with E-state index < -0.39 is 4.92 Å². The van der Waals surface area contributed by atoms with Gasteiger partial charge >= 0.3 is 5.69 Å². The van der Waals surface area contributed by atoms with E-state index in [2.05, 4.69) is 4.98 Å². The van der Waals surface area contributed by atoms with Crippen molar-refractivity contribution in [3.8, 4) is 0 Å². The molecular weight excluding hydrogens is 270 g/mol. The molecule has 1 aromatic rings. The predicted molar refractivity (Wildman–Crippen MR) is 69.9 cm³/mol. The lowest BCUT2D eigenvalue weighted by Crippen LogP contribution is -2.26. The van der Waals surface area contributed by atoms with Gasteiger partial charge in [0.05, 0.1) is 4.92 Å². The smallest absolute Gasteiger partial charge is 0.290 e. The van der Waals surface area contributed by atoms with E-state index in [4.69, 9.17) is 0 Å². The summed E-state index contributed by atoms with van der Waals surface area (Å²) in [7, 11) is 0. The molecule has 1 saturated heterocycles. The summed E-state index contributed by atoms with van der Waals surface area (Å²) in [5, 5.41) is 10.7. The molecule has 19 heavy (non-hydrogen) atoms. The van der Waals surface area contributed by atoms with E-state index in [0.29, 0.717) is 0 Å². The number of aromatic nitrogens is 1.